The molecular weight excluding hydrogens is 264 g/mol. The Morgan fingerprint density at radius 1 is 1.21 bits per heavy atom. The van der Waals surface area contributed by atoms with Gasteiger partial charge in [0.1, 0.15) is 0 Å². The van der Waals surface area contributed by atoms with E-state index in [9.17, 15) is 13.2 Å². The highest BCUT2D eigenvalue weighted by atomic mass is 32.2. The summed E-state index contributed by atoms with van der Waals surface area (Å²) in [5.74, 6) is -1.02. The van der Waals surface area contributed by atoms with Crippen LogP contribution < -0.4 is 0 Å². The molecule has 106 valence electrons. The van der Waals surface area contributed by atoms with E-state index < -0.39 is 15.8 Å². The highest BCUT2D eigenvalue weighted by molar-refractivity contribution is 7.91. The van der Waals surface area contributed by atoms with E-state index >= 15 is 0 Å². The maximum absolute atomic E-state index is 12.3. The molecule has 0 fully saturated rings. The van der Waals surface area contributed by atoms with Crippen LogP contribution in [0.4, 0.5) is 0 Å². The molecule has 0 aromatic heterocycles. The molecule has 0 saturated heterocycles. The number of unbranched alkanes of at least 4 members (excludes halogenated alkanes) is 2. The van der Waals surface area contributed by atoms with Crippen LogP contribution in [0.25, 0.3) is 0 Å². The monoisotopic (exact) mass is 284 g/mol. The predicted molar refractivity (Wildman–Crippen MR) is 74.4 cm³/mol. The van der Waals surface area contributed by atoms with Crippen LogP contribution in [0.3, 0.4) is 0 Å². The second kappa shape index (κ2) is 6.70. The smallest absolute Gasteiger partial charge is 0.335 e. The zero-order valence-corrected chi connectivity index (χ0v) is 12.2. The van der Waals surface area contributed by atoms with Gasteiger partial charge in [0.2, 0.25) is 0 Å². The maximum atomic E-state index is 12.3. The molecule has 1 rings (SSSR count). The van der Waals surface area contributed by atoms with Crippen LogP contribution >= 0.6 is 0 Å². The van der Waals surface area contributed by atoms with Gasteiger partial charge >= 0.3 is 5.97 Å². The molecule has 0 saturated carbocycles. The van der Waals surface area contributed by atoms with Gasteiger partial charge in [0.25, 0.3) is 0 Å². The van der Waals surface area contributed by atoms with Gasteiger partial charge in [-0.3, -0.25) is 0 Å². The average molecular weight is 284 g/mol. The van der Waals surface area contributed by atoms with E-state index in [0.29, 0.717) is 18.4 Å². The minimum Gasteiger partial charge on any atom is -0.478 e. The van der Waals surface area contributed by atoms with Gasteiger partial charge in [-0.05, 0) is 30.5 Å². The fourth-order valence-corrected chi connectivity index (χ4v) is 3.64. The molecule has 0 aliphatic heterocycles. The first-order valence-corrected chi connectivity index (χ1v) is 8.16. The molecular formula is C14H20O4S. The molecule has 0 aliphatic carbocycles. The van der Waals surface area contributed by atoms with Crippen molar-refractivity contribution in [2.24, 2.45) is 0 Å². The summed E-state index contributed by atoms with van der Waals surface area (Å²) in [6, 6.07) is 4.32. The SMILES string of the molecule is CCCCCS(=O)(=O)c1cc(C(=O)O)ccc1CC. The van der Waals surface area contributed by atoms with Gasteiger partial charge in [0.05, 0.1) is 16.2 Å². The fourth-order valence-electron chi connectivity index (χ4n) is 1.92. The zero-order chi connectivity index (χ0) is 14.5. The number of aromatic carboxylic acids is 1. The van der Waals surface area contributed by atoms with Crippen LogP contribution in [0.1, 0.15) is 49.0 Å². The van der Waals surface area contributed by atoms with Crippen LogP contribution in [0, 0.1) is 0 Å². The second-order valence-corrected chi connectivity index (χ2v) is 6.58. The number of benzene rings is 1. The van der Waals surface area contributed by atoms with Gasteiger partial charge in [0, 0.05) is 0 Å². The third kappa shape index (κ3) is 4.06. The maximum Gasteiger partial charge on any atom is 0.335 e. The number of rotatable bonds is 7. The minimum atomic E-state index is -3.39. The van der Waals surface area contributed by atoms with Gasteiger partial charge in [0.15, 0.2) is 9.84 Å². The fraction of sp³-hybridized carbons (Fsp3) is 0.500. The molecule has 1 aromatic carbocycles. The van der Waals surface area contributed by atoms with Crippen LogP contribution in [-0.2, 0) is 16.3 Å². The van der Waals surface area contributed by atoms with Crippen molar-refractivity contribution in [3.63, 3.8) is 0 Å². The topological polar surface area (TPSA) is 71.4 Å². The van der Waals surface area contributed by atoms with Crippen molar-refractivity contribution in [2.45, 2.75) is 44.4 Å². The molecule has 0 aliphatic rings. The summed E-state index contributed by atoms with van der Waals surface area (Å²) in [5, 5.41) is 8.96. The normalized spacial score (nSPS) is 11.5. The Morgan fingerprint density at radius 2 is 1.89 bits per heavy atom. The summed E-state index contributed by atoms with van der Waals surface area (Å²) in [5.41, 5.74) is 0.702. The highest BCUT2D eigenvalue weighted by Gasteiger charge is 2.19. The molecule has 0 bridgehead atoms. The molecule has 0 radical (unpaired) electrons. The first-order chi connectivity index (χ1) is 8.92. The zero-order valence-electron chi connectivity index (χ0n) is 11.3. The van der Waals surface area contributed by atoms with E-state index in [0.717, 1.165) is 12.8 Å². The molecule has 4 nitrogen and oxygen atoms in total. The van der Waals surface area contributed by atoms with E-state index in [2.05, 4.69) is 0 Å². The van der Waals surface area contributed by atoms with E-state index in [-0.39, 0.29) is 16.2 Å². The lowest BCUT2D eigenvalue weighted by molar-refractivity contribution is 0.0696. The van der Waals surface area contributed by atoms with Gasteiger partial charge in [-0.1, -0.05) is 32.8 Å². The number of carboxylic acid groups (broad SMARTS) is 1. The van der Waals surface area contributed by atoms with E-state index in [1.807, 2.05) is 13.8 Å². The van der Waals surface area contributed by atoms with Crippen LogP contribution in [0.5, 0.6) is 0 Å². The number of hydrogen-bond donors (Lipinski definition) is 1. The molecule has 0 unspecified atom stereocenters. The summed E-state index contributed by atoms with van der Waals surface area (Å²) in [6.07, 6.45) is 2.99. The lowest BCUT2D eigenvalue weighted by Gasteiger charge is -2.10. The average Bonchev–Trinajstić information content (AvgIpc) is 2.38. The van der Waals surface area contributed by atoms with Crippen molar-refractivity contribution in [3.8, 4) is 0 Å². The summed E-state index contributed by atoms with van der Waals surface area (Å²) < 4.78 is 24.5. The highest BCUT2D eigenvalue weighted by Crippen LogP contribution is 2.21. The van der Waals surface area contributed by atoms with Gasteiger partial charge in [-0.25, -0.2) is 13.2 Å². The number of carbonyl (C=O) groups is 1. The van der Waals surface area contributed by atoms with Crippen molar-refractivity contribution < 1.29 is 18.3 Å². The molecule has 0 heterocycles. The quantitative estimate of drug-likeness (QED) is 0.781. The Morgan fingerprint density at radius 3 is 2.42 bits per heavy atom. The van der Waals surface area contributed by atoms with Gasteiger partial charge in [-0.2, -0.15) is 0 Å². The molecule has 5 heteroatoms. The third-order valence-corrected chi connectivity index (χ3v) is 4.92. The first-order valence-electron chi connectivity index (χ1n) is 6.51. The minimum absolute atomic E-state index is 0.0197. The molecule has 0 amide bonds. The van der Waals surface area contributed by atoms with Crippen LogP contribution in [0.2, 0.25) is 0 Å². The van der Waals surface area contributed by atoms with Crippen LogP contribution in [0.15, 0.2) is 23.1 Å². The molecule has 19 heavy (non-hydrogen) atoms. The Balaban J connectivity index is 3.15. The van der Waals surface area contributed by atoms with Crippen LogP contribution in [-0.4, -0.2) is 25.2 Å². The predicted octanol–water partition coefficient (Wildman–Crippen LogP) is 2.91. The summed E-state index contributed by atoms with van der Waals surface area (Å²) in [6.45, 7) is 3.87. The summed E-state index contributed by atoms with van der Waals surface area (Å²) >= 11 is 0. The van der Waals surface area contributed by atoms with Crippen molar-refractivity contribution >= 4 is 15.8 Å². The lowest BCUT2D eigenvalue weighted by Crippen LogP contribution is -2.11. The number of carboxylic acids is 1. The molecule has 0 spiro atoms. The number of aryl methyl sites for hydroxylation is 1. The van der Waals surface area contributed by atoms with Crippen molar-refractivity contribution in [3.05, 3.63) is 29.3 Å². The second-order valence-electron chi connectivity index (χ2n) is 4.51. The first kappa shape index (κ1) is 15.7. The van der Waals surface area contributed by atoms with Gasteiger partial charge < -0.3 is 5.11 Å². The standard InChI is InChI=1S/C14H20O4S/c1-3-5-6-9-19(17,18)13-10-12(14(15)16)8-7-11(13)4-2/h7-8,10H,3-6,9H2,1-2H3,(H,15,16). The molecule has 1 N–H and O–H groups in total. The molecule has 1 aromatic rings. The molecule has 0 atom stereocenters. The summed E-state index contributed by atoms with van der Waals surface area (Å²) in [4.78, 5) is 11.1. The van der Waals surface area contributed by atoms with E-state index in [1.54, 1.807) is 6.07 Å². The lowest BCUT2D eigenvalue weighted by atomic mass is 10.1. The third-order valence-electron chi connectivity index (χ3n) is 3.05. The van der Waals surface area contributed by atoms with Crippen molar-refractivity contribution in [1.82, 2.24) is 0 Å². The summed E-state index contributed by atoms with van der Waals surface area (Å²) in [7, 11) is -3.39. The van der Waals surface area contributed by atoms with E-state index in [4.69, 9.17) is 5.11 Å². The Bertz CT molecular complexity index is 547. The Labute approximate surface area is 114 Å². The van der Waals surface area contributed by atoms with Crippen molar-refractivity contribution in [2.75, 3.05) is 5.75 Å². The van der Waals surface area contributed by atoms with Crippen molar-refractivity contribution in [1.29, 1.82) is 0 Å². The Kier molecular flexibility index (Phi) is 5.54. The number of hydrogen-bond acceptors (Lipinski definition) is 3. The largest absolute Gasteiger partial charge is 0.478 e. The van der Waals surface area contributed by atoms with E-state index in [1.165, 1.54) is 12.1 Å². The number of sulfone groups is 1. The Hall–Kier alpha value is -1.36. The van der Waals surface area contributed by atoms with Gasteiger partial charge in [-0.15, -0.1) is 0 Å².